The van der Waals surface area contributed by atoms with Gasteiger partial charge in [0.05, 0.1) is 17.0 Å². The first kappa shape index (κ1) is 23.9. The highest BCUT2D eigenvalue weighted by molar-refractivity contribution is 8.00. The molecule has 2 heterocycles. The first-order chi connectivity index (χ1) is 17.5. The lowest BCUT2D eigenvalue weighted by atomic mass is 10.1. The quantitative estimate of drug-likeness (QED) is 0.300. The van der Waals surface area contributed by atoms with Crippen LogP contribution < -0.4 is 10.6 Å². The first-order valence-corrected chi connectivity index (χ1v) is 13.1. The Morgan fingerprint density at radius 1 is 0.944 bits per heavy atom. The third-order valence-corrected chi connectivity index (χ3v) is 7.22. The zero-order valence-corrected chi connectivity index (χ0v) is 21.0. The molecule has 7 heteroatoms. The maximum Gasteiger partial charge on any atom is 0.256 e. The maximum atomic E-state index is 13.2. The topological polar surface area (TPSA) is 76.0 Å². The third kappa shape index (κ3) is 5.69. The predicted molar refractivity (Wildman–Crippen MR) is 146 cm³/mol. The van der Waals surface area contributed by atoms with Crippen molar-refractivity contribution in [2.75, 3.05) is 16.4 Å². The van der Waals surface area contributed by atoms with E-state index in [0.29, 0.717) is 11.3 Å². The molecule has 0 aliphatic carbocycles. The van der Waals surface area contributed by atoms with E-state index in [2.05, 4.69) is 21.4 Å². The number of fused-ring (bicyclic) bond motifs is 1. The van der Waals surface area contributed by atoms with Crippen LogP contribution in [0.3, 0.4) is 0 Å². The molecule has 2 amide bonds. The van der Waals surface area contributed by atoms with Crippen molar-refractivity contribution in [3.05, 3.63) is 95.9 Å². The molecule has 0 fully saturated rings. The molecule has 2 N–H and O–H groups in total. The predicted octanol–water partition coefficient (Wildman–Crippen LogP) is 6.18. The fraction of sp³-hybridized carbons (Fsp3) is 0.207. The van der Waals surface area contributed by atoms with Gasteiger partial charge in [-0.2, -0.15) is 0 Å². The van der Waals surface area contributed by atoms with Crippen LogP contribution >= 0.6 is 11.8 Å². The summed E-state index contributed by atoms with van der Waals surface area (Å²) in [5.74, 6) is 1.01. The number of hydrogen-bond acceptors (Lipinski definition) is 4. The van der Waals surface area contributed by atoms with Crippen LogP contribution in [0.2, 0.25) is 0 Å². The first-order valence-electron chi connectivity index (χ1n) is 12.1. The van der Waals surface area contributed by atoms with E-state index in [9.17, 15) is 9.59 Å². The summed E-state index contributed by atoms with van der Waals surface area (Å²) in [6, 6.07) is 22.8. The summed E-state index contributed by atoms with van der Waals surface area (Å²) < 4.78 is 2.23. The molecule has 0 unspecified atom stereocenters. The number of carbonyl (C=O) groups is 2. The van der Waals surface area contributed by atoms with Crippen molar-refractivity contribution in [1.82, 2.24) is 9.55 Å². The summed E-state index contributed by atoms with van der Waals surface area (Å²) in [6.07, 6.45) is 5.47. The number of benzene rings is 3. The van der Waals surface area contributed by atoms with E-state index >= 15 is 0 Å². The Balaban J connectivity index is 1.25. The number of nitrogens with zero attached hydrogens (tertiary/aromatic N) is 2. The maximum absolute atomic E-state index is 13.2. The van der Waals surface area contributed by atoms with Gasteiger partial charge in [0.1, 0.15) is 5.82 Å². The fourth-order valence-corrected chi connectivity index (χ4v) is 5.11. The molecule has 6 nitrogen and oxygen atoms in total. The van der Waals surface area contributed by atoms with Gasteiger partial charge in [-0.25, -0.2) is 4.98 Å². The molecule has 182 valence electrons. The Morgan fingerprint density at radius 2 is 1.78 bits per heavy atom. The molecule has 1 aromatic heterocycles. The number of thioether (sulfide) groups is 1. The number of hydrogen-bond donors (Lipinski definition) is 2. The Kier molecular flexibility index (Phi) is 7.18. The lowest BCUT2D eigenvalue weighted by Crippen LogP contribution is -2.16. The molecule has 5 rings (SSSR count). The van der Waals surface area contributed by atoms with Gasteiger partial charge in [-0.15, -0.1) is 11.8 Å². The second kappa shape index (κ2) is 10.8. The normalized spacial score (nSPS) is 12.6. The number of imidazole rings is 1. The molecule has 3 aromatic carbocycles. The number of anilines is 2. The van der Waals surface area contributed by atoms with Gasteiger partial charge < -0.3 is 15.2 Å². The second-order valence-electron chi connectivity index (χ2n) is 8.93. The SMILES string of the molecule is Cc1ccc(NC(=O)CSc2ccccc2C(=O)Nc2cccc(-c3cn4c(n3)CCCC4)c2)cc1. The monoisotopic (exact) mass is 496 g/mol. The highest BCUT2D eigenvalue weighted by Gasteiger charge is 2.16. The number of amides is 2. The summed E-state index contributed by atoms with van der Waals surface area (Å²) in [5, 5.41) is 5.92. The molecule has 0 spiro atoms. The Labute approximate surface area is 215 Å². The van der Waals surface area contributed by atoms with Crippen LogP contribution in [0.5, 0.6) is 0 Å². The van der Waals surface area contributed by atoms with Crippen molar-refractivity contribution in [2.24, 2.45) is 0 Å². The van der Waals surface area contributed by atoms with Crippen LogP contribution in [0.15, 0.2) is 83.9 Å². The number of aromatic nitrogens is 2. The summed E-state index contributed by atoms with van der Waals surface area (Å²) >= 11 is 1.35. The average Bonchev–Trinajstić information content (AvgIpc) is 3.34. The Bertz CT molecular complexity index is 1370. The Morgan fingerprint density at radius 3 is 2.61 bits per heavy atom. The van der Waals surface area contributed by atoms with Crippen molar-refractivity contribution in [3.8, 4) is 11.3 Å². The Hall–Kier alpha value is -3.84. The van der Waals surface area contributed by atoms with Gasteiger partial charge in [-0.1, -0.05) is 42.0 Å². The minimum absolute atomic E-state index is 0.116. The van der Waals surface area contributed by atoms with Crippen molar-refractivity contribution in [2.45, 2.75) is 37.6 Å². The van der Waals surface area contributed by atoms with Crippen molar-refractivity contribution in [1.29, 1.82) is 0 Å². The molecule has 4 aromatic rings. The van der Waals surface area contributed by atoms with Gasteiger partial charge in [-0.3, -0.25) is 9.59 Å². The van der Waals surface area contributed by atoms with Gasteiger partial charge in [0.15, 0.2) is 0 Å². The molecule has 36 heavy (non-hydrogen) atoms. The van der Waals surface area contributed by atoms with Crippen LogP contribution in [-0.4, -0.2) is 27.1 Å². The third-order valence-electron chi connectivity index (χ3n) is 6.15. The highest BCUT2D eigenvalue weighted by Crippen LogP contribution is 2.27. The molecule has 1 aliphatic rings. The van der Waals surface area contributed by atoms with Gasteiger partial charge in [0, 0.05) is 41.0 Å². The fourth-order valence-electron chi connectivity index (χ4n) is 4.26. The zero-order chi connectivity index (χ0) is 24.9. The molecule has 0 radical (unpaired) electrons. The number of nitrogens with one attached hydrogen (secondary N) is 2. The van der Waals surface area contributed by atoms with Crippen LogP contribution in [0.4, 0.5) is 11.4 Å². The van der Waals surface area contributed by atoms with E-state index < -0.39 is 0 Å². The second-order valence-corrected chi connectivity index (χ2v) is 9.94. The van der Waals surface area contributed by atoms with Crippen LogP contribution in [-0.2, 0) is 17.8 Å². The standard InChI is InChI=1S/C29H28N4O2S/c1-20-12-14-22(15-13-20)30-28(34)19-36-26-10-3-2-9-24(26)29(35)31-23-8-6-7-21(17-23)25-18-33-16-5-4-11-27(33)32-25/h2-3,6-10,12-15,17-18H,4-5,11,16,19H2,1H3,(H,30,34)(H,31,35). The van der Waals surface area contributed by atoms with E-state index in [1.807, 2.05) is 73.7 Å². The summed E-state index contributed by atoms with van der Waals surface area (Å²) in [6.45, 7) is 3.01. The molecular formula is C29H28N4O2S. The molecule has 0 saturated carbocycles. The molecular weight excluding hydrogens is 468 g/mol. The molecule has 0 saturated heterocycles. The molecule has 1 aliphatic heterocycles. The van der Waals surface area contributed by atoms with Gasteiger partial charge >= 0.3 is 0 Å². The average molecular weight is 497 g/mol. The summed E-state index contributed by atoms with van der Waals surface area (Å²) in [5.41, 5.74) is 5.05. The molecule has 0 atom stereocenters. The zero-order valence-electron chi connectivity index (χ0n) is 20.2. The van der Waals surface area contributed by atoms with E-state index in [1.54, 1.807) is 6.07 Å². The van der Waals surface area contributed by atoms with Crippen LogP contribution in [0.25, 0.3) is 11.3 Å². The smallest absolute Gasteiger partial charge is 0.256 e. The molecule has 0 bridgehead atoms. The van der Waals surface area contributed by atoms with Crippen LogP contribution in [0, 0.1) is 6.92 Å². The van der Waals surface area contributed by atoms with Crippen molar-refractivity contribution >= 4 is 35.0 Å². The van der Waals surface area contributed by atoms with E-state index in [-0.39, 0.29) is 17.6 Å². The number of aryl methyl sites for hydroxylation is 3. The van der Waals surface area contributed by atoms with E-state index in [0.717, 1.165) is 46.2 Å². The summed E-state index contributed by atoms with van der Waals surface area (Å²) in [7, 11) is 0. The van der Waals surface area contributed by atoms with Gasteiger partial charge in [-0.05, 0) is 56.2 Å². The highest BCUT2D eigenvalue weighted by atomic mass is 32.2. The van der Waals surface area contributed by atoms with Crippen LogP contribution in [0.1, 0.15) is 34.6 Å². The summed E-state index contributed by atoms with van der Waals surface area (Å²) in [4.78, 5) is 31.2. The van der Waals surface area contributed by atoms with Gasteiger partial charge in [0.25, 0.3) is 5.91 Å². The van der Waals surface area contributed by atoms with Gasteiger partial charge in [0.2, 0.25) is 5.91 Å². The minimum atomic E-state index is -0.210. The lowest BCUT2D eigenvalue weighted by molar-refractivity contribution is -0.113. The van der Waals surface area contributed by atoms with E-state index in [1.165, 1.54) is 24.6 Å². The minimum Gasteiger partial charge on any atom is -0.334 e. The number of rotatable bonds is 7. The van der Waals surface area contributed by atoms with E-state index in [4.69, 9.17) is 4.98 Å². The number of carbonyl (C=O) groups excluding carboxylic acids is 2. The lowest BCUT2D eigenvalue weighted by Gasteiger charge is -2.11. The van der Waals surface area contributed by atoms with Crippen molar-refractivity contribution < 1.29 is 9.59 Å². The largest absolute Gasteiger partial charge is 0.334 e. The van der Waals surface area contributed by atoms with Crippen molar-refractivity contribution in [3.63, 3.8) is 0 Å².